The number of hydrogen-bond donors (Lipinski definition) is 1. The Bertz CT molecular complexity index is 632. The molecule has 0 unspecified atom stereocenters. The number of aromatic nitrogens is 3. The van der Waals surface area contributed by atoms with Crippen molar-refractivity contribution in [2.75, 3.05) is 14.1 Å². The van der Waals surface area contributed by atoms with Crippen molar-refractivity contribution in [3.63, 3.8) is 0 Å². The lowest BCUT2D eigenvalue weighted by Crippen LogP contribution is -2.38. The van der Waals surface area contributed by atoms with Crippen molar-refractivity contribution < 1.29 is 4.52 Å². The first-order chi connectivity index (χ1) is 9.99. The Morgan fingerprint density at radius 3 is 2.86 bits per heavy atom. The van der Waals surface area contributed by atoms with Gasteiger partial charge in [0.25, 0.3) is 0 Å². The van der Waals surface area contributed by atoms with Gasteiger partial charge in [-0.25, -0.2) is 0 Å². The van der Waals surface area contributed by atoms with Crippen molar-refractivity contribution >= 4 is 17.6 Å². The van der Waals surface area contributed by atoms with Crippen molar-refractivity contribution in [1.82, 2.24) is 24.9 Å². The van der Waals surface area contributed by atoms with E-state index in [9.17, 15) is 0 Å². The third-order valence-corrected chi connectivity index (χ3v) is 3.23. The zero-order valence-electron chi connectivity index (χ0n) is 12.6. The van der Waals surface area contributed by atoms with Crippen molar-refractivity contribution in [1.29, 1.82) is 0 Å². The average Bonchev–Trinajstić information content (AvgIpc) is 2.96. The zero-order chi connectivity index (χ0) is 15.4. The van der Waals surface area contributed by atoms with Gasteiger partial charge >= 0.3 is 0 Å². The summed E-state index contributed by atoms with van der Waals surface area (Å²) in [5, 5.41) is 7.76. The lowest BCUT2D eigenvalue weighted by molar-refractivity contribution is 0.386. The van der Waals surface area contributed by atoms with Crippen molar-refractivity contribution in [2.45, 2.75) is 20.0 Å². The molecule has 8 heteroatoms. The van der Waals surface area contributed by atoms with E-state index in [1.807, 2.05) is 35.8 Å². The van der Waals surface area contributed by atoms with Crippen LogP contribution in [0.5, 0.6) is 0 Å². The van der Waals surface area contributed by atoms with E-state index < -0.39 is 0 Å². The van der Waals surface area contributed by atoms with Crippen LogP contribution in [0, 0.1) is 6.92 Å². The highest BCUT2D eigenvalue weighted by molar-refractivity contribution is 6.30. The monoisotopic (exact) mass is 310 g/mol. The van der Waals surface area contributed by atoms with Crippen LogP contribution in [0.1, 0.15) is 17.4 Å². The molecule has 0 aromatic carbocycles. The molecule has 0 saturated heterocycles. The molecular weight excluding hydrogens is 292 g/mol. The minimum absolute atomic E-state index is 0.461. The second kappa shape index (κ2) is 6.62. The van der Waals surface area contributed by atoms with Gasteiger partial charge in [-0.15, -0.1) is 0 Å². The SMILES string of the molecule is CN=C(NCc1noc(C)n1)N(C)Cc1cc(Cl)cn1C. The lowest BCUT2D eigenvalue weighted by atomic mass is 10.4. The summed E-state index contributed by atoms with van der Waals surface area (Å²) in [4.78, 5) is 10.4. The Labute approximate surface area is 128 Å². The molecule has 0 bridgehead atoms. The number of halogens is 1. The highest BCUT2D eigenvalue weighted by Crippen LogP contribution is 2.14. The van der Waals surface area contributed by atoms with Crippen LogP contribution >= 0.6 is 11.6 Å². The van der Waals surface area contributed by atoms with Crippen LogP contribution in [-0.4, -0.2) is 39.7 Å². The van der Waals surface area contributed by atoms with Crippen LogP contribution in [0.15, 0.2) is 21.8 Å². The van der Waals surface area contributed by atoms with Gasteiger partial charge in [0.05, 0.1) is 18.1 Å². The molecule has 0 spiro atoms. The summed E-state index contributed by atoms with van der Waals surface area (Å²) in [6.45, 7) is 2.91. The third-order valence-electron chi connectivity index (χ3n) is 3.02. The van der Waals surface area contributed by atoms with Gasteiger partial charge in [-0.05, 0) is 6.07 Å². The lowest BCUT2D eigenvalue weighted by Gasteiger charge is -2.21. The van der Waals surface area contributed by atoms with Gasteiger partial charge in [0.1, 0.15) is 0 Å². The summed E-state index contributed by atoms with van der Waals surface area (Å²) < 4.78 is 6.93. The molecule has 2 rings (SSSR count). The summed E-state index contributed by atoms with van der Waals surface area (Å²) in [5.41, 5.74) is 1.10. The Hall–Kier alpha value is -2.02. The molecule has 114 valence electrons. The second-order valence-electron chi connectivity index (χ2n) is 4.75. The normalized spacial score (nSPS) is 11.8. The van der Waals surface area contributed by atoms with Crippen LogP contribution in [0.4, 0.5) is 0 Å². The molecule has 2 heterocycles. The Kier molecular flexibility index (Phi) is 4.85. The van der Waals surface area contributed by atoms with Crippen molar-refractivity contribution in [3.8, 4) is 0 Å². The largest absolute Gasteiger partial charge is 0.351 e. The standard InChI is InChI=1S/C13H19ClN6O/c1-9-17-12(18-21-9)6-16-13(15-2)20(4)8-11-5-10(14)7-19(11)3/h5,7H,6,8H2,1-4H3,(H,15,16). The zero-order valence-corrected chi connectivity index (χ0v) is 13.3. The summed E-state index contributed by atoms with van der Waals surface area (Å²) in [5.74, 6) is 1.90. The smallest absolute Gasteiger partial charge is 0.223 e. The fourth-order valence-electron chi connectivity index (χ4n) is 2.00. The molecule has 1 N–H and O–H groups in total. The van der Waals surface area contributed by atoms with Crippen molar-refractivity contribution in [2.24, 2.45) is 12.0 Å². The molecular formula is C13H19ClN6O. The van der Waals surface area contributed by atoms with E-state index in [-0.39, 0.29) is 0 Å². The van der Waals surface area contributed by atoms with E-state index in [2.05, 4.69) is 20.4 Å². The number of nitrogens with zero attached hydrogens (tertiary/aromatic N) is 5. The maximum Gasteiger partial charge on any atom is 0.223 e. The third kappa shape index (κ3) is 3.98. The van der Waals surface area contributed by atoms with Gasteiger partial charge in [-0.1, -0.05) is 16.8 Å². The summed E-state index contributed by atoms with van der Waals surface area (Å²) in [6.07, 6.45) is 1.88. The van der Waals surface area contributed by atoms with Gasteiger partial charge in [0.2, 0.25) is 5.89 Å². The van der Waals surface area contributed by atoms with Gasteiger partial charge in [0, 0.05) is 40.0 Å². The number of aliphatic imine (C=N–C) groups is 1. The quantitative estimate of drug-likeness (QED) is 0.685. The minimum Gasteiger partial charge on any atom is -0.351 e. The first-order valence-electron chi connectivity index (χ1n) is 6.51. The molecule has 0 fully saturated rings. The summed E-state index contributed by atoms with van der Waals surface area (Å²) in [6, 6.07) is 1.94. The fraction of sp³-hybridized carbons (Fsp3) is 0.462. The van der Waals surface area contributed by atoms with Crippen LogP contribution in [0.3, 0.4) is 0 Å². The molecule has 0 atom stereocenters. The van der Waals surface area contributed by atoms with Crippen molar-refractivity contribution in [3.05, 3.63) is 34.7 Å². The van der Waals surface area contributed by atoms with Crippen LogP contribution in [-0.2, 0) is 20.1 Å². The molecule has 2 aromatic heterocycles. The molecule has 0 saturated carbocycles. The minimum atomic E-state index is 0.461. The Morgan fingerprint density at radius 2 is 2.33 bits per heavy atom. The molecule has 0 radical (unpaired) electrons. The van der Waals surface area contributed by atoms with E-state index in [4.69, 9.17) is 16.1 Å². The maximum absolute atomic E-state index is 5.99. The van der Waals surface area contributed by atoms with Gasteiger partial charge in [-0.3, -0.25) is 4.99 Å². The van der Waals surface area contributed by atoms with E-state index in [1.165, 1.54) is 0 Å². The molecule has 2 aromatic rings. The maximum atomic E-state index is 5.99. The van der Waals surface area contributed by atoms with E-state index in [0.717, 1.165) is 16.7 Å². The first kappa shape index (κ1) is 15.4. The summed E-state index contributed by atoms with van der Waals surface area (Å²) in [7, 11) is 5.66. The summed E-state index contributed by atoms with van der Waals surface area (Å²) >= 11 is 5.99. The van der Waals surface area contributed by atoms with Crippen LogP contribution < -0.4 is 5.32 Å². The van der Waals surface area contributed by atoms with E-state index in [1.54, 1.807) is 14.0 Å². The van der Waals surface area contributed by atoms with Gasteiger partial charge < -0.3 is 19.3 Å². The predicted molar refractivity (Wildman–Crippen MR) is 81.1 cm³/mol. The highest BCUT2D eigenvalue weighted by atomic mass is 35.5. The molecule has 7 nitrogen and oxygen atoms in total. The molecule has 0 aliphatic rings. The van der Waals surface area contributed by atoms with E-state index in [0.29, 0.717) is 24.8 Å². The van der Waals surface area contributed by atoms with Crippen LogP contribution in [0.25, 0.3) is 0 Å². The van der Waals surface area contributed by atoms with Gasteiger partial charge in [-0.2, -0.15) is 4.98 Å². The highest BCUT2D eigenvalue weighted by Gasteiger charge is 2.11. The Morgan fingerprint density at radius 1 is 1.57 bits per heavy atom. The predicted octanol–water partition coefficient (Wildman–Crippen LogP) is 1.58. The van der Waals surface area contributed by atoms with Gasteiger partial charge in [0.15, 0.2) is 11.8 Å². The van der Waals surface area contributed by atoms with E-state index >= 15 is 0 Å². The second-order valence-corrected chi connectivity index (χ2v) is 5.18. The number of nitrogens with one attached hydrogen (secondary N) is 1. The van der Waals surface area contributed by atoms with Crippen LogP contribution in [0.2, 0.25) is 5.02 Å². The number of aryl methyl sites for hydroxylation is 2. The average molecular weight is 311 g/mol. The number of guanidine groups is 1. The molecule has 0 aliphatic heterocycles. The molecule has 0 amide bonds. The molecule has 0 aliphatic carbocycles. The molecule has 21 heavy (non-hydrogen) atoms. The number of rotatable bonds is 4. The fourth-order valence-corrected chi connectivity index (χ4v) is 2.27. The number of hydrogen-bond acceptors (Lipinski definition) is 4. The Balaban J connectivity index is 1.95. The first-order valence-corrected chi connectivity index (χ1v) is 6.89. The topological polar surface area (TPSA) is 71.5 Å².